The van der Waals surface area contributed by atoms with E-state index >= 15 is 0 Å². The standard InChI is InChI=1S/C7H14O4S/c1-4-6(3)7(11-5-2)12(8,9)10/h5-7H,2,4H2,1,3H3,(H,8,9,10). The molecule has 0 saturated carbocycles. The largest absolute Gasteiger partial charge is 0.480 e. The highest BCUT2D eigenvalue weighted by Gasteiger charge is 2.28. The second-order valence-corrected chi connectivity index (χ2v) is 4.07. The van der Waals surface area contributed by atoms with E-state index in [-0.39, 0.29) is 5.92 Å². The van der Waals surface area contributed by atoms with Gasteiger partial charge in [-0.05, 0) is 6.42 Å². The first-order chi connectivity index (χ1) is 5.43. The van der Waals surface area contributed by atoms with Crippen molar-refractivity contribution in [1.82, 2.24) is 0 Å². The van der Waals surface area contributed by atoms with Crippen LogP contribution in [0.25, 0.3) is 0 Å². The van der Waals surface area contributed by atoms with E-state index in [9.17, 15) is 8.42 Å². The molecule has 0 spiro atoms. The zero-order valence-electron chi connectivity index (χ0n) is 7.23. The number of ether oxygens (including phenoxy) is 1. The van der Waals surface area contributed by atoms with Gasteiger partial charge in [-0.25, -0.2) is 0 Å². The zero-order valence-corrected chi connectivity index (χ0v) is 8.04. The predicted molar refractivity (Wildman–Crippen MR) is 46.1 cm³/mol. The highest BCUT2D eigenvalue weighted by Crippen LogP contribution is 2.16. The molecule has 0 aromatic rings. The zero-order chi connectivity index (χ0) is 9.78. The smallest absolute Gasteiger partial charge is 0.303 e. The lowest BCUT2D eigenvalue weighted by Gasteiger charge is -2.18. The van der Waals surface area contributed by atoms with Gasteiger partial charge in [-0.3, -0.25) is 4.55 Å². The molecule has 2 atom stereocenters. The average molecular weight is 194 g/mol. The summed E-state index contributed by atoms with van der Waals surface area (Å²) in [5.41, 5.74) is -1.19. The van der Waals surface area contributed by atoms with E-state index < -0.39 is 15.6 Å². The quantitative estimate of drug-likeness (QED) is 0.531. The van der Waals surface area contributed by atoms with Crippen LogP contribution in [0.15, 0.2) is 12.8 Å². The first-order valence-electron chi connectivity index (χ1n) is 3.66. The summed E-state index contributed by atoms with van der Waals surface area (Å²) in [5, 5.41) is 0. The van der Waals surface area contributed by atoms with Crippen LogP contribution in [0.3, 0.4) is 0 Å². The molecule has 0 fully saturated rings. The maximum Gasteiger partial charge on any atom is 0.303 e. The number of hydrogen-bond donors (Lipinski definition) is 1. The fourth-order valence-electron chi connectivity index (χ4n) is 0.785. The van der Waals surface area contributed by atoms with Crippen LogP contribution in [0.1, 0.15) is 20.3 Å². The second kappa shape index (κ2) is 4.47. The molecule has 0 aliphatic carbocycles. The van der Waals surface area contributed by atoms with E-state index in [0.29, 0.717) is 6.42 Å². The van der Waals surface area contributed by atoms with Gasteiger partial charge < -0.3 is 4.74 Å². The van der Waals surface area contributed by atoms with Crippen molar-refractivity contribution in [3.63, 3.8) is 0 Å². The van der Waals surface area contributed by atoms with E-state index in [1.54, 1.807) is 6.92 Å². The topological polar surface area (TPSA) is 63.6 Å². The highest BCUT2D eigenvalue weighted by molar-refractivity contribution is 7.86. The Morgan fingerprint density at radius 1 is 1.67 bits per heavy atom. The Hall–Kier alpha value is -0.550. The van der Waals surface area contributed by atoms with Crippen LogP contribution in [0.2, 0.25) is 0 Å². The van der Waals surface area contributed by atoms with Crippen molar-refractivity contribution < 1.29 is 17.7 Å². The highest BCUT2D eigenvalue weighted by atomic mass is 32.2. The molecule has 12 heavy (non-hydrogen) atoms. The maximum atomic E-state index is 10.7. The van der Waals surface area contributed by atoms with Gasteiger partial charge in [0.2, 0.25) is 5.44 Å². The van der Waals surface area contributed by atoms with Gasteiger partial charge in [0, 0.05) is 5.92 Å². The van der Waals surface area contributed by atoms with Gasteiger partial charge in [-0.1, -0.05) is 20.4 Å². The van der Waals surface area contributed by atoms with Crippen LogP contribution in [-0.4, -0.2) is 18.4 Å². The summed E-state index contributed by atoms with van der Waals surface area (Å²) in [6, 6.07) is 0. The van der Waals surface area contributed by atoms with E-state index in [2.05, 4.69) is 11.3 Å². The second-order valence-electron chi connectivity index (χ2n) is 2.57. The molecule has 0 aromatic carbocycles. The molecular formula is C7H14O4S. The molecule has 0 aromatic heterocycles. The molecule has 5 heteroatoms. The molecule has 0 amide bonds. The van der Waals surface area contributed by atoms with Gasteiger partial charge in [0.15, 0.2) is 0 Å². The molecule has 0 bridgehead atoms. The Kier molecular flexibility index (Phi) is 4.26. The van der Waals surface area contributed by atoms with Gasteiger partial charge >= 0.3 is 10.1 Å². The Bertz CT molecular complexity index is 232. The maximum absolute atomic E-state index is 10.7. The van der Waals surface area contributed by atoms with Gasteiger partial charge in [0.25, 0.3) is 0 Å². The lowest BCUT2D eigenvalue weighted by atomic mass is 10.1. The summed E-state index contributed by atoms with van der Waals surface area (Å²) in [4.78, 5) is 0. The third-order valence-corrected chi connectivity index (χ3v) is 2.80. The summed E-state index contributed by atoms with van der Waals surface area (Å²) < 4.78 is 34.8. The van der Waals surface area contributed by atoms with Crippen LogP contribution in [0.5, 0.6) is 0 Å². The lowest BCUT2D eigenvalue weighted by Crippen LogP contribution is -2.28. The molecule has 2 unspecified atom stereocenters. The average Bonchev–Trinajstić information content (AvgIpc) is 1.96. The monoisotopic (exact) mass is 194 g/mol. The number of rotatable bonds is 5. The molecular weight excluding hydrogens is 180 g/mol. The first kappa shape index (κ1) is 11.4. The molecule has 0 heterocycles. The minimum absolute atomic E-state index is 0.252. The normalized spacial score (nSPS) is 16.6. The van der Waals surface area contributed by atoms with Crippen LogP contribution < -0.4 is 0 Å². The Balaban J connectivity index is 4.55. The molecule has 72 valence electrons. The van der Waals surface area contributed by atoms with Crippen molar-refractivity contribution in [3.05, 3.63) is 12.8 Å². The fraction of sp³-hybridized carbons (Fsp3) is 0.714. The molecule has 0 aliphatic heterocycles. The minimum atomic E-state index is -4.13. The van der Waals surface area contributed by atoms with Gasteiger partial charge in [0.05, 0.1) is 6.26 Å². The Morgan fingerprint density at radius 2 is 2.17 bits per heavy atom. The van der Waals surface area contributed by atoms with Crippen molar-refractivity contribution in [3.8, 4) is 0 Å². The Morgan fingerprint density at radius 3 is 2.42 bits per heavy atom. The molecule has 0 saturated heterocycles. The molecule has 0 rings (SSSR count). The predicted octanol–water partition coefficient (Wildman–Crippen LogP) is 1.41. The minimum Gasteiger partial charge on any atom is -0.480 e. The van der Waals surface area contributed by atoms with E-state index in [1.165, 1.54) is 0 Å². The van der Waals surface area contributed by atoms with Gasteiger partial charge in [-0.15, -0.1) is 0 Å². The van der Waals surface area contributed by atoms with Crippen LogP contribution in [-0.2, 0) is 14.9 Å². The van der Waals surface area contributed by atoms with Crippen LogP contribution in [0.4, 0.5) is 0 Å². The van der Waals surface area contributed by atoms with Crippen molar-refractivity contribution >= 4 is 10.1 Å². The summed E-state index contributed by atoms with van der Waals surface area (Å²) in [6.45, 7) is 6.73. The van der Waals surface area contributed by atoms with Crippen LogP contribution in [0, 0.1) is 5.92 Å². The first-order valence-corrected chi connectivity index (χ1v) is 5.16. The third kappa shape index (κ3) is 3.23. The van der Waals surface area contributed by atoms with Crippen LogP contribution >= 0.6 is 0 Å². The van der Waals surface area contributed by atoms with E-state index in [4.69, 9.17) is 4.55 Å². The summed E-state index contributed by atoms with van der Waals surface area (Å²) in [7, 11) is -4.13. The van der Waals surface area contributed by atoms with E-state index in [0.717, 1.165) is 6.26 Å². The van der Waals surface area contributed by atoms with Gasteiger partial charge in [0.1, 0.15) is 0 Å². The molecule has 0 radical (unpaired) electrons. The fourth-order valence-corrected chi connectivity index (χ4v) is 1.78. The van der Waals surface area contributed by atoms with Crippen molar-refractivity contribution in [2.24, 2.45) is 5.92 Å². The molecule has 1 N–H and O–H groups in total. The lowest BCUT2D eigenvalue weighted by molar-refractivity contribution is 0.149. The van der Waals surface area contributed by atoms with Crippen molar-refractivity contribution in [2.45, 2.75) is 25.7 Å². The van der Waals surface area contributed by atoms with Gasteiger partial charge in [-0.2, -0.15) is 8.42 Å². The third-order valence-electron chi connectivity index (χ3n) is 1.63. The summed E-state index contributed by atoms with van der Waals surface area (Å²) >= 11 is 0. The molecule has 0 aliphatic rings. The number of hydrogen-bond acceptors (Lipinski definition) is 3. The van der Waals surface area contributed by atoms with Crippen molar-refractivity contribution in [1.29, 1.82) is 0 Å². The summed E-state index contributed by atoms with van der Waals surface area (Å²) in [5.74, 6) is -0.252. The molecule has 4 nitrogen and oxygen atoms in total. The van der Waals surface area contributed by atoms with Crippen molar-refractivity contribution in [2.75, 3.05) is 0 Å². The summed E-state index contributed by atoms with van der Waals surface area (Å²) in [6.07, 6.45) is 1.63. The Labute approximate surface area is 73.0 Å². The van der Waals surface area contributed by atoms with E-state index in [1.807, 2.05) is 6.92 Å². The SMILES string of the molecule is C=COC(C(C)CC)S(=O)(=O)O.